The number of carbonyl (C=O) groups is 3. The third-order valence-electron chi connectivity index (χ3n) is 4.44. The molecule has 0 unspecified atom stereocenters. The lowest BCUT2D eigenvalue weighted by Crippen LogP contribution is -2.29. The fourth-order valence-corrected chi connectivity index (χ4v) is 3.44. The van der Waals surface area contributed by atoms with Gasteiger partial charge in [0, 0.05) is 21.7 Å². The van der Waals surface area contributed by atoms with Crippen molar-refractivity contribution in [2.75, 3.05) is 0 Å². The van der Waals surface area contributed by atoms with E-state index in [4.69, 9.17) is 0 Å². The lowest BCUT2D eigenvalue weighted by Gasteiger charge is -2.32. The molecule has 0 bridgehead atoms. The fourth-order valence-electron chi connectivity index (χ4n) is 2.94. The lowest BCUT2D eigenvalue weighted by molar-refractivity contribution is 0.111. The lowest BCUT2D eigenvalue weighted by atomic mass is 9.83. The Morgan fingerprint density at radius 3 is 0.923 bits per heavy atom. The highest BCUT2D eigenvalue weighted by molar-refractivity contribution is 6.20. The molecule has 3 aromatic carbocycles. The topological polar surface area (TPSA) is 51.2 Å². The van der Waals surface area contributed by atoms with E-state index < -0.39 is 5.04 Å². The van der Waals surface area contributed by atoms with Gasteiger partial charge in [0.2, 0.25) is 0 Å². The van der Waals surface area contributed by atoms with Gasteiger partial charge in [0.15, 0.2) is 0 Å². The van der Waals surface area contributed by atoms with Crippen molar-refractivity contribution in [1.29, 1.82) is 0 Å². The summed E-state index contributed by atoms with van der Waals surface area (Å²) in [5, 5.41) is -0.690. The van der Waals surface area contributed by atoms with Crippen LogP contribution in [0.5, 0.6) is 0 Å². The first-order valence-electron chi connectivity index (χ1n) is 8.04. The van der Waals surface area contributed by atoms with Crippen LogP contribution >= 0.6 is 0 Å². The molecule has 0 fully saturated rings. The van der Waals surface area contributed by atoms with E-state index in [9.17, 15) is 14.4 Å². The van der Waals surface area contributed by atoms with Crippen LogP contribution in [0.1, 0.15) is 47.8 Å². The second-order valence-corrected chi connectivity index (χ2v) is 6.72. The average Bonchev–Trinajstić information content (AvgIpc) is 2.73. The summed E-state index contributed by atoms with van der Waals surface area (Å²) in [7, 11) is 3.95. The standard InChI is InChI=1S/C22H15O3Si/c23-13-16-1-7-19(8-2-16)22(26,20-9-3-17(14-24)4-10-20)21-11-5-18(15-25)6-12-21/h1-15H. The molecule has 0 aliphatic rings. The summed E-state index contributed by atoms with van der Waals surface area (Å²) in [6.07, 6.45) is 2.41. The molecule has 0 aliphatic heterocycles. The highest BCUT2D eigenvalue weighted by Crippen LogP contribution is 2.36. The van der Waals surface area contributed by atoms with E-state index in [1.54, 1.807) is 36.4 Å². The Labute approximate surface area is 155 Å². The average molecular weight is 355 g/mol. The summed E-state index contributed by atoms with van der Waals surface area (Å²) in [5.74, 6) is 0. The molecule has 4 heteroatoms. The molecule has 3 rings (SSSR count). The molecule has 3 aromatic rings. The van der Waals surface area contributed by atoms with Crippen molar-refractivity contribution in [3.63, 3.8) is 0 Å². The Bertz CT molecular complexity index is 801. The van der Waals surface area contributed by atoms with Gasteiger partial charge in [0.05, 0.1) is 10.2 Å². The summed E-state index contributed by atoms with van der Waals surface area (Å²) in [4.78, 5) is 32.9. The molecule has 3 radical (unpaired) electrons. The molecular weight excluding hydrogens is 340 g/mol. The van der Waals surface area contributed by atoms with Crippen LogP contribution in [0.3, 0.4) is 0 Å². The Morgan fingerprint density at radius 1 is 0.500 bits per heavy atom. The van der Waals surface area contributed by atoms with Crippen molar-refractivity contribution in [3.05, 3.63) is 106 Å². The summed E-state index contributed by atoms with van der Waals surface area (Å²) >= 11 is 0. The van der Waals surface area contributed by atoms with Gasteiger partial charge in [-0.3, -0.25) is 14.4 Å². The first-order valence-corrected chi connectivity index (χ1v) is 8.54. The number of hydrogen-bond donors (Lipinski definition) is 0. The predicted molar refractivity (Wildman–Crippen MR) is 101 cm³/mol. The van der Waals surface area contributed by atoms with Gasteiger partial charge < -0.3 is 0 Å². The van der Waals surface area contributed by atoms with E-state index in [2.05, 4.69) is 10.2 Å². The summed E-state index contributed by atoms with van der Waals surface area (Å²) in [6.45, 7) is 0. The van der Waals surface area contributed by atoms with Crippen molar-refractivity contribution in [2.24, 2.45) is 0 Å². The molecule has 0 amide bonds. The van der Waals surface area contributed by atoms with Crippen molar-refractivity contribution < 1.29 is 14.4 Å². The number of hydrogen-bond acceptors (Lipinski definition) is 3. The van der Waals surface area contributed by atoms with Gasteiger partial charge in [-0.1, -0.05) is 72.8 Å². The van der Waals surface area contributed by atoms with Crippen LogP contribution in [-0.4, -0.2) is 29.1 Å². The van der Waals surface area contributed by atoms with Crippen molar-refractivity contribution in [3.8, 4) is 0 Å². The first-order chi connectivity index (χ1) is 12.6. The maximum atomic E-state index is 11.0. The highest BCUT2D eigenvalue weighted by Gasteiger charge is 2.31. The third-order valence-corrected chi connectivity index (χ3v) is 5.31. The first kappa shape index (κ1) is 17.7. The predicted octanol–water partition coefficient (Wildman–Crippen LogP) is 3.58. The summed E-state index contributed by atoms with van der Waals surface area (Å²) < 4.78 is 0. The zero-order chi connectivity index (χ0) is 18.6. The molecule has 0 saturated heterocycles. The number of rotatable bonds is 6. The largest absolute Gasteiger partial charge is 0.298 e. The molecule has 0 N–H and O–H groups in total. The van der Waals surface area contributed by atoms with Crippen LogP contribution in [0.4, 0.5) is 0 Å². The van der Waals surface area contributed by atoms with Gasteiger partial charge in [0.25, 0.3) is 0 Å². The number of benzene rings is 3. The molecule has 3 nitrogen and oxygen atoms in total. The zero-order valence-electron chi connectivity index (χ0n) is 13.9. The molecule has 0 aromatic heterocycles. The second kappa shape index (κ2) is 7.41. The molecule has 0 spiro atoms. The van der Waals surface area contributed by atoms with Crippen LogP contribution in [0, 0.1) is 0 Å². The highest BCUT2D eigenvalue weighted by atomic mass is 28.1. The quantitative estimate of drug-likeness (QED) is 0.386. The summed E-state index contributed by atoms with van der Waals surface area (Å²) in [6, 6.07) is 21.9. The minimum Gasteiger partial charge on any atom is -0.298 e. The van der Waals surface area contributed by atoms with Crippen LogP contribution in [0.2, 0.25) is 0 Å². The third kappa shape index (κ3) is 3.19. The number of carbonyl (C=O) groups excluding carboxylic acids is 3. The summed E-state index contributed by atoms with van der Waals surface area (Å²) in [5.41, 5.74) is 4.56. The molecule has 0 saturated carbocycles. The fraction of sp³-hybridized carbons (Fsp3) is 0.0455. The molecule has 26 heavy (non-hydrogen) atoms. The zero-order valence-corrected chi connectivity index (χ0v) is 14.9. The van der Waals surface area contributed by atoms with E-state index in [0.717, 1.165) is 35.5 Å². The maximum absolute atomic E-state index is 11.0. The molecule has 0 aliphatic carbocycles. The van der Waals surface area contributed by atoms with Crippen LogP contribution in [0.15, 0.2) is 72.8 Å². The molecule has 0 heterocycles. The maximum Gasteiger partial charge on any atom is 0.150 e. The minimum atomic E-state index is -0.690. The normalized spacial score (nSPS) is 11.0. The van der Waals surface area contributed by atoms with Gasteiger partial charge in [-0.2, -0.15) is 0 Å². The molecular formula is C22H15O3Si. The Balaban J connectivity index is 2.19. The smallest absolute Gasteiger partial charge is 0.150 e. The number of aldehydes is 3. The van der Waals surface area contributed by atoms with E-state index >= 15 is 0 Å². The molecule has 125 valence electrons. The van der Waals surface area contributed by atoms with Crippen LogP contribution in [-0.2, 0) is 5.04 Å². The van der Waals surface area contributed by atoms with Gasteiger partial charge in [-0.05, 0) is 16.7 Å². The Hall–Kier alpha value is -3.11. The Morgan fingerprint density at radius 2 is 0.731 bits per heavy atom. The van der Waals surface area contributed by atoms with Gasteiger partial charge in [0.1, 0.15) is 18.9 Å². The minimum absolute atomic E-state index is 0.593. The SMILES string of the molecule is O=Cc1ccc(C([Si])(c2ccc(C=O)cc2)c2ccc(C=O)cc2)cc1. The van der Waals surface area contributed by atoms with Gasteiger partial charge in [-0.25, -0.2) is 0 Å². The van der Waals surface area contributed by atoms with E-state index in [1.807, 2.05) is 36.4 Å². The van der Waals surface area contributed by atoms with Crippen molar-refractivity contribution >= 4 is 29.1 Å². The van der Waals surface area contributed by atoms with E-state index in [1.165, 1.54) is 0 Å². The van der Waals surface area contributed by atoms with Gasteiger partial charge >= 0.3 is 0 Å². The molecule has 0 atom stereocenters. The van der Waals surface area contributed by atoms with Gasteiger partial charge in [-0.15, -0.1) is 0 Å². The Kier molecular flexibility index (Phi) is 5.05. The van der Waals surface area contributed by atoms with Crippen LogP contribution in [0.25, 0.3) is 0 Å². The second-order valence-electron chi connectivity index (χ2n) is 5.97. The van der Waals surface area contributed by atoms with Crippen LogP contribution < -0.4 is 0 Å². The van der Waals surface area contributed by atoms with E-state index in [-0.39, 0.29) is 0 Å². The van der Waals surface area contributed by atoms with Crippen molar-refractivity contribution in [2.45, 2.75) is 5.04 Å². The van der Waals surface area contributed by atoms with Crippen molar-refractivity contribution in [1.82, 2.24) is 0 Å². The monoisotopic (exact) mass is 355 g/mol. The van der Waals surface area contributed by atoms with E-state index in [0.29, 0.717) is 16.7 Å².